The second kappa shape index (κ2) is 4.63. The first-order valence-electron chi connectivity index (χ1n) is 5.28. The number of H-pyrrole nitrogens is 1. The quantitative estimate of drug-likeness (QED) is 0.734. The van der Waals surface area contributed by atoms with Crippen LogP contribution in [-0.2, 0) is 4.74 Å². The molecule has 0 aliphatic carbocycles. The number of aliphatic hydroxyl groups is 1. The highest BCUT2D eigenvalue weighted by atomic mass is 16.5. The average Bonchev–Trinajstić information content (AvgIpc) is 2.67. The van der Waals surface area contributed by atoms with Crippen LogP contribution in [0.25, 0.3) is 0 Å². The molecule has 2 N–H and O–H groups in total. The molecule has 1 fully saturated rings. The molecule has 0 spiro atoms. The van der Waals surface area contributed by atoms with Crippen LogP contribution in [-0.4, -0.2) is 27.4 Å². The molecule has 6 nitrogen and oxygen atoms in total. The van der Waals surface area contributed by atoms with Crippen LogP contribution in [0.1, 0.15) is 25.5 Å². The molecule has 6 heteroatoms. The van der Waals surface area contributed by atoms with Crippen molar-refractivity contribution in [2.45, 2.75) is 31.6 Å². The van der Waals surface area contributed by atoms with Gasteiger partial charge >= 0.3 is 5.69 Å². The zero-order chi connectivity index (χ0) is 11.5. The monoisotopic (exact) mass is 226 g/mol. The number of rotatable bonds is 3. The van der Waals surface area contributed by atoms with Gasteiger partial charge < -0.3 is 9.84 Å². The Kier molecular flexibility index (Phi) is 3.21. The Bertz CT molecular complexity index is 464. The van der Waals surface area contributed by atoms with Gasteiger partial charge in [0.25, 0.3) is 5.56 Å². The predicted molar refractivity (Wildman–Crippen MR) is 56.2 cm³/mol. The summed E-state index contributed by atoms with van der Waals surface area (Å²) in [5.74, 6) is 0. The minimum atomic E-state index is -0.456. The lowest BCUT2D eigenvalue weighted by molar-refractivity contribution is -0.0102. The van der Waals surface area contributed by atoms with Gasteiger partial charge in [-0.2, -0.15) is 0 Å². The Morgan fingerprint density at radius 1 is 1.50 bits per heavy atom. The number of hydrogen-bond acceptors (Lipinski definition) is 4. The van der Waals surface area contributed by atoms with Crippen LogP contribution in [0.3, 0.4) is 0 Å². The number of aliphatic hydroxyl groups excluding tert-OH is 1. The molecule has 1 aromatic heterocycles. The van der Waals surface area contributed by atoms with Crippen molar-refractivity contribution in [3.63, 3.8) is 0 Å². The van der Waals surface area contributed by atoms with E-state index in [-0.39, 0.29) is 18.9 Å². The Balaban J connectivity index is 2.14. The summed E-state index contributed by atoms with van der Waals surface area (Å²) in [6.07, 6.45) is 3.21. The van der Waals surface area contributed by atoms with Crippen molar-refractivity contribution in [3.8, 4) is 0 Å². The van der Waals surface area contributed by atoms with Crippen molar-refractivity contribution in [2.75, 3.05) is 6.61 Å². The SMILES string of the molecule is O=c1ccn(C2CCC(CCO)O2)c(=O)[nH]1. The molecule has 2 unspecified atom stereocenters. The Hall–Kier alpha value is -1.40. The first-order chi connectivity index (χ1) is 7.70. The molecule has 2 atom stereocenters. The minimum Gasteiger partial charge on any atom is -0.396 e. The molecule has 1 aliphatic heterocycles. The van der Waals surface area contributed by atoms with Crippen LogP contribution in [0.15, 0.2) is 21.9 Å². The van der Waals surface area contributed by atoms with Gasteiger partial charge in [0.1, 0.15) is 6.23 Å². The first kappa shape index (κ1) is 11.1. The van der Waals surface area contributed by atoms with E-state index in [0.717, 1.165) is 12.8 Å². The zero-order valence-corrected chi connectivity index (χ0v) is 8.76. The van der Waals surface area contributed by atoms with Crippen molar-refractivity contribution in [3.05, 3.63) is 33.1 Å². The van der Waals surface area contributed by atoms with Crippen LogP contribution in [0.2, 0.25) is 0 Å². The van der Waals surface area contributed by atoms with Gasteiger partial charge in [0.05, 0.1) is 6.10 Å². The highest BCUT2D eigenvalue weighted by molar-refractivity contribution is 4.85. The van der Waals surface area contributed by atoms with E-state index in [9.17, 15) is 9.59 Å². The lowest BCUT2D eigenvalue weighted by Gasteiger charge is -2.14. The summed E-state index contributed by atoms with van der Waals surface area (Å²) in [4.78, 5) is 24.5. The molecule has 88 valence electrons. The summed E-state index contributed by atoms with van der Waals surface area (Å²) in [5.41, 5.74) is -0.867. The molecular weight excluding hydrogens is 212 g/mol. The fourth-order valence-corrected chi connectivity index (χ4v) is 1.90. The second-order valence-corrected chi connectivity index (χ2v) is 3.82. The van der Waals surface area contributed by atoms with E-state index in [0.29, 0.717) is 6.42 Å². The molecule has 1 aliphatic rings. The van der Waals surface area contributed by atoms with E-state index in [1.165, 1.54) is 16.8 Å². The highest BCUT2D eigenvalue weighted by Gasteiger charge is 2.26. The summed E-state index contributed by atoms with van der Waals surface area (Å²) in [5, 5.41) is 8.78. The van der Waals surface area contributed by atoms with E-state index in [2.05, 4.69) is 4.98 Å². The van der Waals surface area contributed by atoms with Gasteiger partial charge in [0.2, 0.25) is 0 Å². The third-order valence-electron chi connectivity index (χ3n) is 2.70. The van der Waals surface area contributed by atoms with Crippen molar-refractivity contribution >= 4 is 0 Å². The number of ether oxygens (including phenoxy) is 1. The average molecular weight is 226 g/mol. The smallest absolute Gasteiger partial charge is 0.330 e. The maximum Gasteiger partial charge on any atom is 0.330 e. The van der Waals surface area contributed by atoms with Gasteiger partial charge in [0, 0.05) is 18.9 Å². The molecule has 0 radical (unpaired) electrons. The number of aromatic amines is 1. The minimum absolute atomic E-state index is 0.00571. The molecule has 2 rings (SSSR count). The van der Waals surface area contributed by atoms with Crippen molar-refractivity contribution in [1.29, 1.82) is 0 Å². The molecule has 0 amide bonds. The van der Waals surface area contributed by atoms with Crippen LogP contribution >= 0.6 is 0 Å². The van der Waals surface area contributed by atoms with Crippen molar-refractivity contribution in [1.82, 2.24) is 9.55 Å². The fourth-order valence-electron chi connectivity index (χ4n) is 1.90. The second-order valence-electron chi connectivity index (χ2n) is 3.82. The summed E-state index contributed by atoms with van der Waals surface area (Å²) in [6.45, 7) is 0.0813. The molecule has 1 saturated heterocycles. The van der Waals surface area contributed by atoms with E-state index in [4.69, 9.17) is 9.84 Å². The summed E-state index contributed by atoms with van der Waals surface area (Å²) >= 11 is 0. The Morgan fingerprint density at radius 3 is 3.00 bits per heavy atom. The van der Waals surface area contributed by atoms with Gasteiger partial charge in [-0.3, -0.25) is 14.3 Å². The van der Waals surface area contributed by atoms with Crippen LogP contribution in [0.4, 0.5) is 0 Å². The van der Waals surface area contributed by atoms with E-state index >= 15 is 0 Å². The molecule has 16 heavy (non-hydrogen) atoms. The van der Waals surface area contributed by atoms with Gasteiger partial charge in [-0.15, -0.1) is 0 Å². The summed E-state index contributed by atoms with van der Waals surface area (Å²) < 4.78 is 6.96. The number of aromatic nitrogens is 2. The lowest BCUT2D eigenvalue weighted by atomic mass is 10.2. The number of hydrogen-bond donors (Lipinski definition) is 2. The molecule has 0 aromatic carbocycles. The highest BCUT2D eigenvalue weighted by Crippen LogP contribution is 2.28. The zero-order valence-electron chi connectivity index (χ0n) is 8.76. The van der Waals surface area contributed by atoms with Crippen molar-refractivity contribution < 1.29 is 9.84 Å². The van der Waals surface area contributed by atoms with Gasteiger partial charge in [-0.1, -0.05) is 0 Å². The summed E-state index contributed by atoms with van der Waals surface area (Å²) in [7, 11) is 0. The molecule has 1 aromatic rings. The maximum absolute atomic E-state index is 11.5. The molecule has 0 bridgehead atoms. The maximum atomic E-state index is 11.5. The van der Waals surface area contributed by atoms with Gasteiger partial charge in [-0.25, -0.2) is 4.79 Å². The first-order valence-corrected chi connectivity index (χ1v) is 5.28. The van der Waals surface area contributed by atoms with Crippen LogP contribution in [0.5, 0.6) is 0 Å². The third-order valence-corrected chi connectivity index (χ3v) is 2.70. The predicted octanol–water partition coefficient (Wildman–Crippen LogP) is -0.403. The topological polar surface area (TPSA) is 84.3 Å². The van der Waals surface area contributed by atoms with Crippen LogP contribution < -0.4 is 11.2 Å². The normalized spacial score (nSPS) is 24.8. The Morgan fingerprint density at radius 2 is 2.31 bits per heavy atom. The summed E-state index contributed by atoms with van der Waals surface area (Å²) in [6, 6.07) is 1.30. The van der Waals surface area contributed by atoms with E-state index in [1.54, 1.807) is 0 Å². The molecule has 0 saturated carbocycles. The largest absolute Gasteiger partial charge is 0.396 e. The third kappa shape index (κ3) is 2.23. The van der Waals surface area contributed by atoms with Crippen LogP contribution in [0, 0.1) is 0 Å². The number of nitrogens with one attached hydrogen (secondary N) is 1. The van der Waals surface area contributed by atoms with E-state index in [1.807, 2.05) is 0 Å². The number of nitrogens with zero attached hydrogens (tertiary/aromatic N) is 1. The Labute approximate surface area is 91.5 Å². The molecule has 2 heterocycles. The fraction of sp³-hybridized carbons (Fsp3) is 0.600. The van der Waals surface area contributed by atoms with Gasteiger partial charge in [-0.05, 0) is 19.3 Å². The van der Waals surface area contributed by atoms with Crippen molar-refractivity contribution in [2.24, 2.45) is 0 Å². The lowest BCUT2D eigenvalue weighted by Crippen LogP contribution is -2.31. The van der Waals surface area contributed by atoms with Gasteiger partial charge in [0.15, 0.2) is 0 Å². The standard InChI is InChI=1S/C10H14N2O4/c13-6-4-7-1-2-9(16-7)12-5-3-8(14)11-10(12)15/h3,5,7,9,13H,1-2,4,6H2,(H,11,14,15). The van der Waals surface area contributed by atoms with E-state index < -0.39 is 11.2 Å². The molecular formula is C10H14N2O4.